The van der Waals surface area contributed by atoms with E-state index in [2.05, 4.69) is 10.3 Å². The zero-order valence-corrected chi connectivity index (χ0v) is 8.60. The smallest absolute Gasteiger partial charge is 0.242 e. The van der Waals surface area contributed by atoms with Crippen LogP contribution in [0.15, 0.2) is 18.3 Å². The molecular formula is C10H14N4O. The van der Waals surface area contributed by atoms with Crippen molar-refractivity contribution in [2.45, 2.75) is 13.0 Å². The molecule has 0 bridgehead atoms. The molecule has 3 N–H and O–H groups in total. The summed E-state index contributed by atoms with van der Waals surface area (Å²) in [4.78, 5) is 17.6. The van der Waals surface area contributed by atoms with Crippen LogP contribution in [-0.4, -0.2) is 30.0 Å². The quantitative estimate of drug-likeness (QED) is 0.678. The van der Waals surface area contributed by atoms with Gasteiger partial charge in [0, 0.05) is 31.0 Å². The van der Waals surface area contributed by atoms with E-state index in [9.17, 15) is 4.79 Å². The topological polar surface area (TPSA) is 71.2 Å². The van der Waals surface area contributed by atoms with Crippen molar-refractivity contribution in [2.75, 3.05) is 23.7 Å². The maximum atomic E-state index is 11.5. The van der Waals surface area contributed by atoms with Crippen LogP contribution in [0.5, 0.6) is 0 Å². The van der Waals surface area contributed by atoms with Gasteiger partial charge < -0.3 is 16.0 Å². The second kappa shape index (κ2) is 3.76. The number of piperazine rings is 1. The number of nitrogens with one attached hydrogen (secondary N) is 1. The van der Waals surface area contributed by atoms with Crippen molar-refractivity contribution in [1.29, 1.82) is 0 Å². The van der Waals surface area contributed by atoms with E-state index >= 15 is 0 Å². The van der Waals surface area contributed by atoms with Crippen LogP contribution in [0.4, 0.5) is 11.5 Å². The molecule has 1 fully saturated rings. The van der Waals surface area contributed by atoms with E-state index in [1.54, 1.807) is 18.3 Å². The molecule has 0 aliphatic carbocycles. The molecule has 2 rings (SSSR count). The molecule has 1 aromatic rings. The van der Waals surface area contributed by atoms with E-state index in [1.165, 1.54) is 0 Å². The SMILES string of the molecule is CC1C(=O)NCCN1c1cc(N)ccn1. The standard InChI is InChI=1S/C10H14N4O/c1-7-10(15)13-4-5-14(7)9-6-8(11)2-3-12-9/h2-3,6-7H,4-5H2,1H3,(H2,11,12)(H,13,15). The third-order valence-electron chi connectivity index (χ3n) is 2.56. The molecule has 5 nitrogen and oxygen atoms in total. The van der Waals surface area contributed by atoms with Gasteiger partial charge in [0.05, 0.1) is 0 Å². The third-order valence-corrected chi connectivity index (χ3v) is 2.56. The van der Waals surface area contributed by atoms with Gasteiger partial charge in [0.25, 0.3) is 0 Å². The first-order chi connectivity index (χ1) is 7.18. The van der Waals surface area contributed by atoms with Gasteiger partial charge in [-0.25, -0.2) is 4.98 Å². The lowest BCUT2D eigenvalue weighted by molar-refractivity contribution is -0.122. The van der Waals surface area contributed by atoms with Crippen molar-refractivity contribution in [2.24, 2.45) is 0 Å². The highest BCUT2D eigenvalue weighted by Crippen LogP contribution is 2.17. The van der Waals surface area contributed by atoms with Crippen molar-refractivity contribution in [1.82, 2.24) is 10.3 Å². The summed E-state index contributed by atoms with van der Waals surface area (Å²) >= 11 is 0. The largest absolute Gasteiger partial charge is 0.399 e. The van der Waals surface area contributed by atoms with E-state index in [-0.39, 0.29) is 11.9 Å². The van der Waals surface area contributed by atoms with Crippen molar-refractivity contribution in [3.8, 4) is 0 Å². The van der Waals surface area contributed by atoms with Crippen molar-refractivity contribution in [3.05, 3.63) is 18.3 Å². The Kier molecular flexibility index (Phi) is 2.45. The minimum absolute atomic E-state index is 0.0328. The number of hydrogen-bond donors (Lipinski definition) is 2. The van der Waals surface area contributed by atoms with Crippen LogP contribution in [0.2, 0.25) is 0 Å². The Bertz CT molecular complexity index is 379. The summed E-state index contributed by atoms with van der Waals surface area (Å²) in [7, 11) is 0. The maximum absolute atomic E-state index is 11.5. The van der Waals surface area contributed by atoms with Crippen molar-refractivity contribution in [3.63, 3.8) is 0 Å². The summed E-state index contributed by atoms with van der Waals surface area (Å²) in [6.45, 7) is 3.28. The molecule has 80 valence electrons. The first kappa shape index (κ1) is 9.76. The summed E-state index contributed by atoms with van der Waals surface area (Å²) in [5, 5.41) is 2.81. The fraction of sp³-hybridized carbons (Fsp3) is 0.400. The number of pyridine rings is 1. The number of amides is 1. The monoisotopic (exact) mass is 206 g/mol. The molecule has 2 heterocycles. The average molecular weight is 206 g/mol. The average Bonchev–Trinajstić information content (AvgIpc) is 2.22. The van der Waals surface area contributed by atoms with Gasteiger partial charge in [0.15, 0.2) is 0 Å². The Morgan fingerprint density at radius 1 is 1.67 bits per heavy atom. The van der Waals surface area contributed by atoms with Gasteiger partial charge in [0.2, 0.25) is 5.91 Å². The number of nitrogen functional groups attached to an aromatic ring is 1. The van der Waals surface area contributed by atoms with Crippen LogP contribution in [0, 0.1) is 0 Å². The molecule has 0 spiro atoms. The molecule has 1 unspecified atom stereocenters. The first-order valence-corrected chi connectivity index (χ1v) is 4.94. The molecule has 1 amide bonds. The van der Waals surface area contributed by atoms with Crippen LogP contribution in [0.3, 0.4) is 0 Å². The highest BCUT2D eigenvalue weighted by molar-refractivity contribution is 5.85. The molecule has 0 aromatic carbocycles. The fourth-order valence-electron chi connectivity index (χ4n) is 1.69. The molecule has 1 aliphatic rings. The lowest BCUT2D eigenvalue weighted by atomic mass is 10.2. The van der Waals surface area contributed by atoms with Gasteiger partial charge in [0.1, 0.15) is 11.9 Å². The van der Waals surface area contributed by atoms with Gasteiger partial charge in [-0.05, 0) is 13.0 Å². The maximum Gasteiger partial charge on any atom is 0.242 e. The van der Waals surface area contributed by atoms with E-state index in [0.29, 0.717) is 12.2 Å². The van der Waals surface area contributed by atoms with Gasteiger partial charge in [-0.1, -0.05) is 0 Å². The Morgan fingerprint density at radius 2 is 2.47 bits per heavy atom. The molecule has 1 atom stereocenters. The Labute approximate surface area is 88.3 Å². The van der Waals surface area contributed by atoms with Crippen LogP contribution in [0.1, 0.15) is 6.92 Å². The third kappa shape index (κ3) is 1.86. The van der Waals surface area contributed by atoms with Crippen LogP contribution < -0.4 is 16.0 Å². The number of rotatable bonds is 1. The number of nitrogens with zero attached hydrogens (tertiary/aromatic N) is 2. The van der Waals surface area contributed by atoms with Gasteiger partial charge >= 0.3 is 0 Å². The molecule has 1 aromatic heterocycles. The summed E-state index contributed by atoms with van der Waals surface area (Å²) in [6, 6.07) is 3.33. The normalized spacial score (nSPS) is 21.3. The van der Waals surface area contributed by atoms with E-state index in [4.69, 9.17) is 5.73 Å². The number of aromatic nitrogens is 1. The molecule has 5 heteroatoms. The number of carbonyl (C=O) groups is 1. The van der Waals surface area contributed by atoms with E-state index in [0.717, 1.165) is 12.4 Å². The Hall–Kier alpha value is -1.78. The summed E-state index contributed by atoms with van der Waals surface area (Å²) in [6.07, 6.45) is 1.66. The minimum Gasteiger partial charge on any atom is -0.399 e. The highest BCUT2D eigenvalue weighted by Gasteiger charge is 2.26. The lowest BCUT2D eigenvalue weighted by Crippen LogP contribution is -2.54. The molecule has 0 saturated carbocycles. The van der Waals surface area contributed by atoms with Gasteiger partial charge in [-0.2, -0.15) is 0 Å². The van der Waals surface area contributed by atoms with Crippen LogP contribution in [0.25, 0.3) is 0 Å². The highest BCUT2D eigenvalue weighted by atomic mass is 16.2. The van der Waals surface area contributed by atoms with Crippen molar-refractivity contribution >= 4 is 17.4 Å². The number of hydrogen-bond acceptors (Lipinski definition) is 4. The van der Waals surface area contributed by atoms with Crippen molar-refractivity contribution < 1.29 is 4.79 Å². The molecule has 0 radical (unpaired) electrons. The van der Waals surface area contributed by atoms with E-state index < -0.39 is 0 Å². The first-order valence-electron chi connectivity index (χ1n) is 4.94. The summed E-state index contributed by atoms with van der Waals surface area (Å²) < 4.78 is 0. The Balaban J connectivity index is 2.26. The van der Waals surface area contributed by atoms with Gasteiger partial charge in [-0.15, -0.1) is 0 Å². The summed E-state index contributed by atoms with van der Waals surface area (Å²) in [5.74, 6) is 0.794. The molecular weight excluding hydrogens is 192 g/mol. The molecule has 15 heavy (non-hydrogen) atoms. The molecule has 1 aliphatic heterocycles. The second-order valence-corrected chi connectivity index (χ2v) is 3.61. The number of nitrogens with two attached hydrogens (primary N) is 1. The number of carbonyl (C=O) groups excluding carboxylic acids is 1. The lowest BCUT2D eigenvalue weighted by Gasteiger charge is -2.33. The zero-order chi connectivity index (χ0) is 10.8. The second-order valence-electron chi connectivity index (χ2n) is 3.61. The fourth-order valence-corrected chi connectivity index (χ4v) is 1.69. The van der Waals surface area contributed by atoms with Crippen LogP contribution in [-0.2, 0) is 4.79 Å². The number of anilines is 2. The van der Waals surface area contributed by atoms with E-state index in [1.807, 2.05) is 11.8 Å². The molecule has 1 saturated heterocycles. The Morgan fingerprint density at radius 3 is 3.20 bits per heavy atom. The van der Waals surface area contributed by atoms with Gasteiger partial charge in [-0.3, -0.25) is 4.79 Å². The summed E-state index contributed by atoms with van der Waals surface area (Å²) in [5.41, 5.74) is 6.34. The predicted octanol–water partition coefficient (Wildman–Crippen LogP) is -0.0115. The predicted molar refractivity (Wildman–Crippen MR) is 58.5 cm³/mol. The minimum atomic E-state index is -0.187. The zero-order valence-electron chi connectivity index (χ0n) is 8.60. The van der Waals surface area contributed by atoms with Crippen LogP contribution >= 0.6 is 0 Å².